The van der Waals surface area contributed by atoms with Crippen LogP contribution in [0.2, 0.25) is 0 Å². The van der Waals surface area contributed by atoms with E-state index in [1.54, 1.807) is 78.9 Å². The highest BCUT2D eigenvalue weighted by molar-refractivity contribution is 5.94. The van der Waals surface area contributed by atoms with Crippen molar-refractivity contribution in [2.24, 2.45) is 0 Å². The summed E-state index contributed by atoms with van der Waals surface area (Å²) in [6.07, 6.45) is -3.45. The van der Waals surface area contributed by atoms with E-state index in [-0.39, 0.29) is 44.6 Å². The standard InChI is InChI=1S/C34H33N3O11/c38-26(19-11-4-12-20-37-33(43)35-32(42)36-34(37)44)47-27(30(40)45-21-23-13-5-1-6-14-23)28(48-29(39)25-17-9-3-10-18-25)31(41)46-22-24-15-7-2-8-16-24/h1-3,5-10,13-18,27-28H,4,11-12,19-22H2,(H2,35,36,42,43,44)/t27-,28-/m0/s1. The molecule has 4 aromatic rings. The number of hydrogen-bond donors (Lipinski definition) is 2. The van der Waals surface area contributed by atoms with Crippen molar-refractivity contribution in [2.45, 2.75) is 57.6 Å². The summed E-state index contributed by atoms with van der Waals surface area (Å²) in [7, 11) is 0. The second kappa shape index (κ2) is 17.6. The van der Waals surface area contributed by atoms with Gasteiger partial charge in [-0.25, -0.2) is 33.3 Å². The van der Waals surface area contributed by atoms with Crippen LogP contribution in [-0.2, 0) is 53.1 Å². The van der Waals surface area contributed by atoms with Crippen LogP contribution in [0.15, 0.2) is 105 Å². The minimum atomic E-state index is -2.02. The summed E-state index contributed by atoms with van der Waals surface area (Å²) >= 11 is 0. The number of benzene rings is 3. The van der Waals surface area contributed by atoms with Gasteiger partial charge in [-0.05, 0) is 36.1 Å². The molecule has 0 aliphatic heterocycles. The fraction of sp³-hybridized carbons (Fsp3) is 0.265. The molecule has 1 aromatic heterocycles. The van der Waals surface area contributed by atoms with Gasteiger partial charge >= 0.3 is 40.9 Å². The minimum Gasteiger partial charge on any atom is -0.458 e. The van der Waals surface area contributed by atoms with Gasteiger partial charge in [0.2, 0.25) is 12.2 Å². The molecule has 0 bridgehead atoms. The number of nitrogens with one attached hydrogen (secondary N) is 2. The number of nitrogens with zero attached hydrogens (tertiary/aromatic N) is 1. The highest BCUT2D eigenvalue weighted by Gasteiger charge is 2.43. The number of H-pyrrole nitrogens is 2. The molecule has 0 aliphatic carbocycles. The molecule has 0 saturated heterocycles. The van der Waals surface area contributed by atoms with Gasteiger partial charge in [-0.15, -0.1) is 0 Å². The Morgan fingerprint density at radius 2 is 1.08 bits per heavy atom. The van der Waals surface area contributed by atoms with Crippen molar-refractivity contribution in [1.29, 1.82) is 0 Å². The van der Waals surface area contributed by atoms with Gasteiger partial charge in [0.1, 0.15) is 13.2 Å². The van der Waals surface area contributed by atoms with Gasteiger partial charge in [-0.2, -0.15) is 0 Å². The second-order valence-electron chi connectivity index (χ2n) is 10.4. The van der Waals surface area contributed by atoms with Crippen LogP contribution in [0, 0.1) is 0 Å². The molecule has 4 rings (SSSR count). The third-order valence-electron chi connectivity index (χ3n) is 6.88. The molecule has 0 saturated carbocycles. The van der Waals surface area contributed by atoms with E-state index < -0.39 is 53.2 Å². The first-order chi connectivity index (χ1) is 23.2. The van der Waals surface area contributed by atoms with Gasteiger partial charge in [-0.1, -0.05) is 85.3 Å². The lowest BCUT2D eigenvalue weighted by Crippen LogP contribution is -2.47. The zero-order valence-corrected chi connectivity index (χ0v) is 25.7. The van der Waals surface area contributed by atoms with Gasteiger partial charge in [0.25, 0.3) is 0 Å². The zero-order chi connectivity index (χ0) is 34.3. The molecule has 0 amide bonds. The number of hydrogen-bond acceptors (Lipinski definition) is 11. The fourth-order valence-electron chi connectivity index (χ4n) is 4.42. The Hall–Kier alpha value is -6.05. The first-order valence-electron chi connectivity index (χ1n) is 15.0. The summed E-state index contributed by atoms with van der Waals surface area (Å²) in [5.41, 5.74) is -1.35. The molecule has 48 heavy (non-hydrogen) atoms. The largest absolute Gasteiger partial charge is 0.458 e. The number of rotatable bonds is 16. The van der Waals surface area contributed by atoms with Crippen molar-refractivity contribution in [3.05, 3.63) is 139 Å². The van der Waals surface area contributed by atoms with Crippen molar-refractivity contribution >= 4 is 23.9 Å². The molecule has 1 heterocycles. The maximum Gasteiger partial charge on any atom is 0.352 e. The molecule has 2 N–H and O–H groups in total. The fourth-order valence-corrected chi connectivity index (χ4v) is 4.42. The van der Waals surface area contributed by atoms with E-state index in [1.807, 2.05) is 9.97 Å². The Bertz CT molecular complexity index is 1820. The molecular weight excluding hydrogens is 626 g/mol. The number of esters is 4. The topological polar surface area (TPSA) is 193 Å². The van der Waals surface area contributed by atoms with E-state index in [2.05, 4.69) is 0 Å². The maximum absolute atomic E-state index is 13.4. The van der Waals surface area contributed by atoms with Crippen LogP contribution < -0.4 is 17.1 Å². The monoisotopic (exact) mass is 659 g/mol. The predicted molar refractivity (Wildman–Crippen MR) is 168 cm³/mol. The Labute approximate surface area is 273 Å². The number of carbonyl (C=O) groups is 4. The lowest BCUT2D eigenvalue weighted by atomic mass is 10.1. The van der Waals surface area contributed by atoms with Crippen LogP contribution in [-0.4, -0.2) is 50.6 Å². The molecule has 3 aromatic carbocycles. The van der Waals surface area contributed by atoms with Gasteiger partial charge in [0.15, 0.2) is 0 Å². The Balaban J connectivity index is 1.48. The molecule has 2 atom stereocenters. The van der Waals surface area contributed by atoms with Crippen molar-refractivity contribution in [1.82, 2.24) is 14.5 Å². The Morgan fingerprint density at radius 1 is 0.604 bits per heavy atom. The predicted octanol–water partition coefficient (Wildman–Crippen LogP) is 2.41. The number of aromatic nitrogens is 3. The van der Waals surface area contributed by atoms with Crippen LogP contribution in [0.4, 0.5) is 0 Å². The molecule has 0 spiro atoms. The van der Waals surface area contributed by atoms with Crippen LogP contribution >= 0.6 is 0 Å². The van der Waals surface area contributed by atoms with Crippen molar-refractivity contribution in [2.75, 3.05) is 0 Å². The molecule has 14 heteroatoms. The van der Waals surface area contributed by atoms with Gasteiger partial charge < -0.3 is 18.9 Å². The lowest BCUT2D eigenvalue weighted by Gasteiger charge is -2.24. The van der Waals surface area contributed by atoms with Crippen molar-refractivity contribution < 1.29 is 38.1 Å². The minimum absolute atomic E-state index is 0.0286. The van der Waals surface area contributed by atoms with Gasteiger partial charge in [0, 0.05) is 13.0 Å². The highest BCUT2D eigenvalue weighted by atomic mass is 16.6. The number of ether oxygens (including phenoxy) is 4. The average molecular weight is 660 g/mol. The summed E-state index contributed by atoms with van der Waals surface area (Å²) < 4.78 is 22.5. The van der Waals surface area contributed by atoms with E-state index in [0.29, 0.717) is 17.5 Å². The van der Waals surface area contributed by atoms with E-state index in [0.717, 1.165) is 4.57 Å². The molecular formula is C34H33N3O11. The summed E-state index contributed by atoms with van der Waals surface area (Å²) in [5, 5.41) is 0. The number of carbonyl (C=O) groups excluding carboxylic acids is 4. The van der Waals surface area contributed by atoms with E-state index in [1.165, 1.54) is 12.1 Å². The van der Waals surface area contributed by atoms with Crippen LogP contribution in [0.5, 0.6) is 0 Å². The third-order valence-corrected chi connectivity index (χ3v) is 6.88. The van der Waals surface area contributed by atoms with Crippen LogP contribution in [0.25, 0.3) is 0 Å². The molecule has 0 fully saturated rings. The van der Waals surface area contributed by atoms with Crippen molar-refractivity contribution in [3.63, 3.8) is 0 Å². The molecule has 0 unspecified atom stereocenters. The summed E-state index contributed by atoms with van der Waals surface area (Å²) in [6, 6.07) is 25.0. The SMILES string of the molecule is O=C(CCCCCn1c(=O)[nH]c(=O)[nH]c1=O)O[C@H](C(=O)OCc1ccccc1)[C@H](OC(=O)c1ccccc1)C(=O)OCc1ccccc1. The Kier molecular flexibility index (Phi) is 12.8. The average Bonchev–Trinajstić information content (AvgIpc) is 3.09. The summed E-state index contributed by atoms with van der Waals surface area (Å²) in [5.74, 6) is -4.17. The third kappa shape index (κ3) is 10.5. The maximum atomic E-state index is 13.4. The van der Waals surface area contributed by atoms with Gasteiger partial charge in [-0.3, -0.25) is 14.8 Å². The zero-order valence-electron chi connectivity index (χ0n) is 25.7. The molecule has 0 aliphatic rings. The highest BCUT2D eigenvalue weighted by Crippen LogP contribution is 2.17. The number of aromatic amines is 2. The quantitative estimate of drug-likeness (QED) is 0.102. The van der Waals surface area contributed by atoms with E-state index in [4.69, 9.17) is 18.9 Å². The first-order valence-corrected chi connectivity index (χ1v) is 15.0. The van der Waals surface area contributed by atoms with Crippen molar-refractivity contribution in [3.8, 4) is 0 Å². The second-order valence-corrected chi connectivity index (χ2v) is 10.4. The molecule has 14 nitrogen and oxygen atoms in total. The smallest absolute Gasteiger partial charge is 0.352 e. The van der Waals surface area contributed by atoms with Gasteiger partial charge in [0.05, 0.1) is 5.56 Å². The summed E-state index contributed by atoms with van der Waals surface area (Å²) in [4.78, 5) is 91.8. The normalized spacial score (nSPS) is 11.9. The molecule has 0 radical (unpaired) electrons. The summed E-state index contributed by atoms with van der Waals surface area (Å²) in [6.45, 7) is -0.478. The molecule has 250 valence electrons. The Morgan fingerprint density at radius 3 is 1.60 bits per heavy atom. The lowest BCUT2D eigenvalue weighted by molar-refractivity contribution is -0.185. The van der Waals surface area contributed by atoms with E-state index in [9.17, 15) is 33.6 Å². The van der Waals surface area contributed by atoms with E-state index >= 15 is 0 Å². The first kappa shape index (κ1) is 34.8. The van der Waals surface area contributed by atoms with Crippen LogP contribution in [0.1, 0.15) is 47.2 Å². The van der Waals surface area contributed by atoms with Crippen LogP contribution in [0.3, 0.4) is 0 Å². The number of unbranched alkanes of at least 4 members (excludes halogenated alkanes) is 2.